The summed E-state index contributed by atoms with van der Waals surface area (Å²) in [6.45, 7) is 4.00. The van der Waals surface area contributed by atoms with Crippen molar-refractivity contribution in [3.63, 3.8) is 0 Å². The molecule has 0 saturated carbocycles. The maximum atomic E-state index is 11.7. The Labute approximate surface area is 117 Å². The molecule has 1 aromatic carbocycles. The highest BCUT2D eigenvalue weighted by atomic mass is 35.5. The van der Waals surface area contributed by atoms with Crippen molar-refractivity contribution < 1.29 is 9.53 Å². The Kier molecular flexibility index (Phi) is 4.27. The lowest BCUT2D eigenvalue weighted by atomic mass is 10.0. The lowest BCUT2D eigenvalue weighted by Gasteiger charge is -2.13. The number of halogens is 1. The van der Waals surface area contributed by atoms with Crippen LogP contribution in [0.3, 0.4) is 0 Å². The van der Waals surface area contributed by atoms with Gasteiger partial charge in [-0.15, -0.1) is 0 Å². The molecule has 0 bridgehead atoms. The van der Waals surface area contributed by atoms with Crippen LogP contribution in [0.15, 0.2) is 42.7 Å². The largest absolute Gasteiger partial charge is 0.466 e. The van der Waals surface area contributed by atoms with Gasteiger partial charge in [-0.05, 0) is 43.7 Å². The normalized spacial score (nSPS) is 12.2. The molecule has 1 aromatic heterocycles. The smallest absolute Gasteiger partial charge is 0.313 e. The number of esters is 1. The van der Waals surface area contributed by atoms with E-state index in [2.05, 4.69) is 0 Å². The topological polar surface area (TPSA) is 31.2 Å². The number of hydrogen-bond acceptors (Lipinski definition) is 2. The molecule has 2 aromatic rings. The van der Waals surface area contributed by atoms with Crippen LogP contribution in [-0.2, 0) is 9.53 Å². The number of benzene rings is 1. The highest BCUT2D eigenvalue weighted by Gasteiger charge is 2.17. The summed E-state index contributed by atoms with van der Waals surface area (Å²) < 4.78 is 6.94. The van der Waals surface area contributed by atoms with E-state index in [1.54, 1.807) is 6.92 Å². The number of rotatable bonds is 4. The van der Waals surface area contributed by atoms with Crippen LogP contribution in [0, 0.1) is 0 Å². The van der Waals surface area contributed by atoms with Crippen molar-refractivity contribution in [3.8, 4) is 5.69 Å². The summed E-state index contributed by atoms with van der Waals surface area (Å²) in [6.07, 6.45) is 3.85. The van der Waals surface area contributed by atoms with Gasteiger partial charge in [0, 0.05) is 12.4 Å². The first-order valence-electron chi connectivity index (χ1n) is 6.23. The third-order valence-electron chi connectivity index (χ3n) is 2.99. The Morgan fingerprint density at radius 3 is 2.63 bits per heavy atom. The minimum Gasteiger partial charge on any atom is -0.466 e. The molecule has 1 atom stereocenters. The minimum atomic E-state index is -0.309. The van der Waals surface area contributed by atoms with Crippen LogP contribution >= 0.6 is 11.6 Å². The van der Waals surface area contributed by atoms with E-state index in [9.17, 15) is 4.79 Å². The minimum absolute atomic E-state index is 0.229. The molecular formula is C15H16ClNO2. The summed E-state index contributed by atoms with van der Waals surface area (Å²) >= 11 is 6.27. The van der Waals surface area contributed by atoms with Crippen molar-refractivity contribution in [2.45, 2.75) is 19.8 Å². The van der Waals surface area contributed by atoms with E-state index in [0.717, 1.165) is 11.3 Å². The summed E-state index contributed by atoms with van der Waals surface area (Å²) in [5.74, 6) is -0.538. The van der Waals surface area contributed by atoms with Gasteiger partial charge in [0.2, 0.25) is 0 Å². The Balaban J connectivity index is 2.26. The van der Waals surface area contributed by atoms with E-state index in [1.807, 2.05) is 54.2 Å². The number of carbonyl (C=O) groups is 1. The Morgan fingerprint density at radius 1 is 1.37 bits per heavy atom. The molecule has 0 aliphatic heterocycles. The fourth-order valence-corrected chi connectivity index (χ4v) is 2.19. The summed E-state index contributed by atoms with van der Waals surface area (Å²) in [7, 11) is 0. The van der Waals surface area contributed by atoms with E-state index < -0.39 is 0 Å². The van der Waals surface area contributed by atoms with Gasteiger partial charge in [-0.1, -0.05) is 17.7 Å². The average molecular weight is 278 g/mol. The zero-order valence-electron chi connectivity index (χ0n) is 11.0. The molecular weight excluding hydrogens is 262 g/mol. The van der Waals surface area contributed by atoms with Crippen LogP contribution in [-0.4, -0.2) is 17.1 Å². The highest BCUT2D eigenvalue weighted by molar-refractivity contribution is 6.32. The maximum Gasteiger partial charge on any atom is 0.313 e. The van der Waals surface area contributed by atoms with Gasteiger partial charge >= 0.3 is 5.97 Å². The van der Waals surface area contributed by atoms with Crippen LogP contribution in [0.1, 0.15) is 25.3 Å². The first-order valence-corrected chi connectivity index (χ1v) is 6.60. The fraction of sp³-hybridized carbons (Fsp3) is 0.267. The third kappa shape index (κ3) is 2.99. The second-order valence-electron chi connectivity index (χ2n) is 4.27. The lowest BCUT2D eigenvalue weighted by Crippen LogP contribution is -2.13. The van der Waals surface area contributed by atoms with Crippen LogP contribution in [0.25, 0.3) is 5.69 Å². The second-order valence-corrected chi connectivity index (χ2v) is 4.68. The van der Waals surface area contributed by atoms with Gasteiger partial charge in [0.15, 0.2) is 0 Å². The van der Waals surface area contributed by atoms with Crippen LogP contribution in [0.4, 0.5) is 0 Å². The zero-order chi connectivity index (χ0) is 13.8. The van der Waals surface area contributed by atoms with E-state index >= 15 is 0 Å². The standard InChI is InChI=1S/C15H16ClNO2/c1-3-19-15(18)11(2)12-6-7-14(13(16)10-12)17-8-4-5-9-17/h4-11H,3H2,1-2H3. The van der Waals surface area contributed by atoms with Crippen molar-refractivity contribution >= 4 is 17.6 Å². The molecule has 2 rings (SSSR count). The summed E-state index contributed by atoms with van der Waals surface area (Å²) in [4.78, 5) is 11.7. The summed E-state index contributed by atoms with van der Waals surface area (Å²) in [5.41, 5.74) is 1.76. The summed E-state index contributed by atoms with van der Waals surface area (Å²) in [6, 6.07) is 9.51. The van der Waals surface area contributed by atoms with E-state index in [-0.39, 0.29) is 11.9 Å². The molecule has 0 saturated heterocycles. The van der Waals surface area contributed by atoms with Crippen LogP contribution in [0.2, 0.25) is 5.02 Å². The predicted molar refractivity (Wildman–Crippen MR) is 75.8 cm³/mol. The van der Waals surface area contributed by atoms with Crippen molar-refractivity contribution in [3.05, 3.63) is 53.3 Å². The van der Waals surface area contributed by atoms with Crippen molar-refractivity contribution in [2.75, 3.05) is 6.61 Å². The molecule has 0 spiro atoms. The number of aromatic nitrogens is 1. The van der Waals surface area contributed by atoms with E-state index in [4.69, 9.17) is 16.3 Å². The molecule has 0 fully saturated rings. The zero-order valence-corrected chi connectivity index (χ0v) is 11.7. The predicted octanol–water partition coefficient (Wildman–Crippen LogP) is 3.80. The SMILES string of the molecule is CCOC(=O)C(C)c1ccc(-n2cccc2)c(Cl)c1. The molecule has 100 valence electrons. The van der Waals surface area contributed by atoms with Crippen molar-refractivity contribution in [1.29, 1.82) is 0 Å². The molecule has 1 heterocycles. The van der Waals surface area contributed by atoms with Gasteiger partial charge < -0.3 is 9.30 Å². The van der Waals surface area contributed by atoms with Crippen LogP contribution in [0.5, 0.6) is 0 Å². The van der Waals surface area contributed by atoms with Gasteiger partial charge in [-0.3, -0.25) is 4.79 Å². The fourth-order valence-electron chi connectivity index (χ4n) is 1.90. The average Bonchev–Trinajstić information content (AvgIpc) is 2.91. The molecule has 19 heavy (non-hydrogen) atoms. The number of carbonyl (C=O) groups excluding carboxylic acids is 1. The van der Waals surface area contributed by atoms with E-state index in [1.165, 1.54) is 0 Å². The molecule has 0 radical (unpaired) electrons. The van der Waals surface area contributed by atoms with Gasteiger partial charge in [-0.2, -0.15) is 0 Å². The molecule has 0 aliphatic rings. The summed E-state index contributed by atoms with van der Waals surface area (Å²) in [5, 5.41) is 0.616. The van der Waals surface area contributed by atoms with Gasteiger partial charge in [0.1, 0.15) is 0 Å². The van der Waals surface area contributed by atoms with Crippen LogP contribution < -0.4 is 0 Å². The highest BCUT2D eigenvalue weighted by Crippen LogP contribution is 2.26. The van der Waals surface area contributed by atoms with Gasteiger partial charge in [-0.25, -0.2) is 0 Å². The molecule has 0 amide bonds. The third-order valence-corrected chi connectivity index (χ3v) is 3.30. The molecule has 0 aliphatic carbocycles. The Bertz CT molecular complexity index is 564. The second kappa shape index (κ2) is 5.93. The molecule has 1 unspecified atom stereocenters. The number of ether oxygens (including phenoxy) is 1. The Morgan fingerprint density at radius 2 is 2.05 bits per heavy atom. The maximum absolute atomic E-state index is 11.7. The first kappa shape index (κ1) is 13.7. The van der Waals surface area contributed by atoms with E-state index in [0.29, 0.717) is 11.6 Å². The number of nitrogens with zero attached hydrogens (tertiary/aromatic N) is 1. The quantitative estimate of drug-likeness (QED) is 0.796. The molecule has 3 nitrogen and oxygen atoms in total. The first-order chi connectivity index (χ1) is 9.13. The Hall–Kier alpha value is -1.74. The van der Waals surface area contributed by atoms with Gasteiger partial charge in [0.25, 0.3) is 0 Å². The van der Waals surface area contributed by atoms with Gasteiger partial charge in [0.05, 0.1) is 23.2 Å². The van der Waals surface area contributed by atoms with Crippen molar-refractivity contribution in [2.24, 2.45) is 0 Å². The monoisotopic (exact) mass is 277 g/mol. The molecule has 4 heteroatoms. The number of hydrogen-bond donors (Lipinski definition) is 0. The lowest BCUT2D eigenvalue weighted by molar-refractivity contribution is -0.144. The molecule has 0 N–H and O–H groups in total. The van der Waals surface area contributed by atoms with Crippen molar-refractivity contribution in [1.82, 2.24) is 4.57 Å².